The van der Waals surface area contributed by atoms with E-state index in [4.69, 9.17) is 14.2 Å². The van der Waals surface area contributed by atoms with Crippen molar-refractivity contribution >= 4 is 29.3 Å². The van der Waals surface area contributed by atoms with Crippen molar-refractivity contribution in [3.05, 3.63) is 83.4 Å². The van der Waals surface area contributed by atoms with Crippen LogP contribution in [0, 0.1) is 18.3 Å². The number of ether oxygens (including phenoxy) is 3. The van der Waals surface area contributed by atoms with Crippen LogP contribution in [0.1, 0.15) is 18.1 Å². The van der Waals surface area contributed by atoms with E-state index >= 15 is 0 Å². The van der Waals surface area contributed by atoms with Crippen LogP contribution in [0.25, 0.3) is 6.08 Å². The largest absolute Gasteiger partial charge is 0.495 e. The summed E-state index contributed by atoms with van der Waals surface area (Å²) in [4.78, 5) is 25.0. The highest BCUT2D eigenvalue weighted by atomic mass is 16.5. The molecule has 3 aromatic carbocycles. The second-order valence-corrected chi connectivity index (χ2v) is 7.67. The maximum absolute atomic E-state index is 12.6. The Bertz CT molecular complexity index is 1290. The average Bonchev–Trinajstić information content (AvgIpc) is 2.88. The summed E-state index contributed by atoms with van der Waals surface area (Å²) in [6.07, 6.45) is 1.46. The molecule has 0 saturated heterocycles. The molecule has 8 heteroatoms. The Balaban J connectivity index is 1.71. The lowest BCUT2D eigenvalue weighted by Crippen LogP contribution is -2.20. The number of aryl methyl sites for hydroxylation is 1. The van der Waals surface area contributed by atoms with Crippen molar-refractivity contribution in [2.45, 2.75) is 13.8 Å². The van der Waals surface area contributed by atoms with Gasteiger partial charge in [-0.25, -0.2) is 0 Å². The minimum atomic E-state index is -0.521. The zero-order chi connectivity index (χ0) is 25.9. The van der Waals surface area contributed by atoms with Crippen molar-refractivity contribution in [3.8, 4) is 23.3 Å². The van der Waals surface area contributed by atoms with Gasteiger partial charge in [0.1, 0.15) is 17.4 Å². The van der Waals surface area contributed by atoms with Crippen molar-refractivity contribution in [2.24, 2.45) is 0 Å². The van der Waals surface area contributed by atoms with E-state index in [2.05, 4.69) is 10.6 Å². The lowest BCUT2D eigenvalue weighted by Gasteiger charge is -2.14. The number of nitrogens with one attached hydrogen (secondary N) is 2. The van der Waals surface area contributed by atoms with E-state index in [-0.39, 0.29) is 18.1 Å². The van der Waals surface area contributed by atoms with Gasteiger partial charge in [0.2, 0.25) is 0 Å². The van der Waals surface area contributed by atoms with E-state index in [1.54, 1.807) is 54.6 Å². The van der Waals surface area contributed by atoms with Gasteiger partial charge in [-0.2, -0.15) is 5.26 Å². The van der Waals surface area contributed by atoms with E-state index in [0.717, 1.165) is 5.56 Å². The number of carbonyl (C=O) groups excluding carboxylic acids is 2. The predicted molar refractivity (Wildman–Crippen MR) is 138 cm³/mol. The first kappa shape index (κ1) is 25.8. The molecule has 3 aromatic rings. The molecule has 0 fully saturated rings. The van der Waals surface area contributed by atoms with Crippen LogP contribution in [-0.2, 0) is 9.59 Å². The number of benzene rings is 3. The Morgan fingerprint density at radius 3 is 2.39 bits per heavy atom. The number of rotatable bonds is 10. The van der Waals surface area contributed by atoms with E-state index < -0.39 is 5.91 Å². The fourth-order valence-electron chi connectivity index (χ4n) is 3.23. The van der Waals surface area contributed by atoms with Gasteiger partial charge in [0.25, 0.3) is 11.8 Å². The van der Waals surface area contributed by atoms with Gasteiger partial charge >= 0.3 is 0 Å². The lowest BCUT2D eigenvalue weighted by molar-refractivity contribution is -0.118. The first-order valence-corrected chi connectivity index (χ1v) is 11.3. The number of nitrogens with zero attached hydrogens (tertiary/aromatic N) is 1. The summed E-state index contributed by atoms with van der Waals surface area (Å²) in [6, 6.07) is 21.2. The number of carbonyl (C=O) groups is 2. The van der Waals surface area contributed by atoms with E-state index in [1.807, 2.05) is 32.0 Å². The van der Waals surface area contributed by atoms with Gasteiger partial charge in [-0.3, -0.25) is 9.59 Å². The first-order chi connectivity index (χ1) is 17.4. The maximum Gasteiger partial charge on any atom is 0.266 e. The zero-order valence-electron chi connectivity index (χ0n) is 20.3. The summed E-state index contributed by atoms with van der Waals surface area (Å²) in [5, 5.41) is 15.0. The van der Waals surface area contributed by atoms with Crippen molar-refractivity contribution in [2.75, 3.05) is 31.0 Å². The molecule has 0 heterocycles. The maximum atomic E-state index is 12.6. The molecule has 8 nitrogen and oxygen atoms in total. The molecule has 0 unspecified atom stereocenters. The molecule has 0 aliphatic heterocycles. The van der Waals surface area contributed by atoms with Crippen LogP contribution in [0.3, 0.4) is 0 Å². The summed E-state index contributed by atoms with van der Waals surface area (Å²) in [5.74, 6) is 0.384. The third kappa shape index (κ3) is 7.11. The highest BCUT2D eigenvalue weighted by molar-refractivity contribution is 6.09. The second kappa shape index (κ2) is 12.6. The number of methoxy groups -OCH3 is 1. The van der Waals surface area contributed by atoms with Gasteiger partial charge in [-0.1, -0.05) is 35.9 Å². The molecule has 0 aliphatic carbocycles. The molecule has 0 spiro atoms. The first-order valence-electron chi connectivity index (χ1n) is 11.3. The predicted octanol–water partition coefficient (Wildman–Crippen LogP) is 4.97. The fourth-order valence-corrected chi connectivity index (χ4v) is 3.23. The molecule has 2 N–H and O–H groups in total. The normalized spacial score (nSPS) is 10.7. The third-order valence-electron chi connectivity index (χ3n) is 4.99. The molecule has 0 saturated carbocycles. The lowest BCUT2D eigenvalue weighted by atomic mass is 10.1. The number of hydrogen-bond acceptors (Lipinski definition) is 6. The molecule has 0 radical (unpaired) electrons. The molecule has 36 heavy (non-hydrogen) atoms. The van der Waals surface area contributed by atoms with Crippen LogP contribution in [0.15, 0.2) is 72.3 Å². The number of nitriles is 1. The van der Waals surface area contributed by atoms with Crippen LogP contribution < -0.4 is 24.8 Å². The molecule has 0 aromatic heterocycles. The van der Waals surface area contributed by atoms with Crippen LogP contribution in [0.4, 0.5) is 11.4 Å². The Kier molecular flexibility index (Phi) is 9.06. The van der Waals surface area contributed by atoms with Crippen LogP contribution in [0.5, 0.6) is 17.2 Å². The Morgan fingerprint density at radius 1 is 0.944 bits per heavy atom. The van der Waals surface area contributed by atoms with Crippen molar-refractivity contribution in [1.82, 2.24) is 0 Å². The molecular weight excluding hydrogens is 458 g/mol. The smallest absolute Gasteiger partial charge is 0.266 e. The Morgan fingerprint density at radius 2 is 1.69 bits per heavy atom. The van der Waals surface area contributed by atoms with Gasteiger partial charge in [-0.15, -0.1) is 0 Å². The number of anilines is 2. The van der Waals surface area contributed by atoms with Crippen LogP contribution in [0.2, 0.25) is 0 Å². The van der Waals surface area contributed by atoms with Gasteiger partial charge in [0.15, 0.2) is 18.1 Å². The minimum absolute atomic E-state index is 0.0668. The van der Waals surface area contributed by atoms with Crippen LogP contribution >= 0.6 is 0 Å². The van der Waals surface area contributed by atoms with Crippen molar-refractivity contribution in [3.63, 3.8) is 0 Å². The topological polar surface area (TPSA) is 110 Å². The molecular formula is C28H27N3O5. The van der Waals surface area contributed by atoms with Crippen molar-refractivity contribution in [1.29, 1.82) is 5.26 Å². The van der Waals surface area contributed by atoms with Crippen LogP contribution in [-0.4, -0.2) is 32.1 Å². The van der Waals surface area contributed by atoms with Gasteiger partial charge in [0.05, 0.1) is 19.4 Å². The third-order valence-corrected chi connectivity index (χ3v) is 4.99. The van der Waals surface area contributed by atoms with Crippen molar-refractivity contribution < 1.29 is 23.8 Å². The van der Waals surface area contributed by atoms with Gasteiger partial charge < -0.3 is 24.8 Å². The molecule has 0 atom stereocenters. The molecule has 2 amide bonds. The number of hydrogen-bond donors (Lipinski definition) is 2. The molecule has 0 aliphatic rings. The summed E-state index contributed by atoms with van der Waals surface area (Å²) < 4.78 is 16.6. The Hall–Kier alpha value is -4.77. The number of para-hydroxylation sites is 2. The Labute approximate surface area is 210 Å². The van der Waals surface area contributed by atoms with E-state index in [9.17, 15) is 14.9 Å². The zero-order valence-corrected chi connectivity index (χ0v) is 20.3. The summed E-state index contributed by atoms with van der Waals surface area (Å²) >= 11 is 0. The van der Waals surface area contributed by atoms with Gasteiger partial charge in [-0.05, 0) is 61.9 Å². The molecule has 184 valence electrons. The standard InChI is InChI=1S/C28H27N3O5/c1-4-35-26-16-20(15-21(17-29)28(33)30-22-12-9-19(2)10-13-22)11-14-25(26)36-18-27(32)31-23-7-5-6-8-24(23)34-3/h5-16H,4,18H2,1-3H3,(H,30,33)(H,31,32)/b21-15+. The van der Waals surface area contributed by atoms with Gasteiger partial charge in [0, 0.05) is 5.69 Å². The quantitative estimate of drug-likeness (QED) is 0.310. The SMILES string of the molecule is CCOc1cc(/C=C(\C#N)C(=O)Nc2ccc(C)cc2)ccc1OCC(=O)Nc1ccccc1OC. The summed E-state index contributed by atoms with van der Waals surface area (Å²) in [6.45, 7) is 3.87. The average molecular weight is 486 g/mol. The highest BCUT2D eigenvalue weighted by Crippen LogP contribution is 2.30. The van der Waals surface area contributed by atoms with E-state index in [1.165, 1.54) is 13.2 Å². The molecule has 0 bridgehead atoms. The number of amides is 2. The second-order valence-electron chi connectivity index (χ2n) is 7.67. The monoisotopic (exact) mass is 485 g/mol. The summed E-state index contributed by atoms with van der Waals surface area (Å²) in [7, 11) is 1.52. The molecule has 3 rings (SSSR count). The summed E-state index contributed by atoms with van der Waals surface area (Å²) in [5.41, 5.74) is 2.69. The minimum Gasteiger partial charge on any atom is -0.495 e. The van der Waals surface area contributed by atoms with E-state index in [0.29, 0.717) is 40.8 Å². The highest BCUT2D eigenvalue weighted by Gasteiger charge is 2.13. The fraction of sp³-hybridized carbons (Fsp3) is 0.179.